The minimum atomic E-state index is -3.76. The predicted molar refractivity (Wildman–Crippen MR) is 385 cm³/mol. The largest absolute Gasteiger partial charge is 0.497 e. The maximum atomic E-state index is 14.7. The highest BCUT2D eigenvalue weighted by molar-refractivity contribution is 7.92. The summed E-state index contributed by atoms with van der Waals surface area (Å²) in [7, 11) is -4.08. The monoisotopic (exact) mass is 1450 g/mol. The van der Waals surface area contributed by atoms with E-state index in [9.17, 15) is 52.8 Å². The number of fused-ring (bicyclic) bond motifs is 12. The van der Waals surface area contributed by atoms with E-state index in [0.717, 1.165) is 67.8 Å². The molecule has 0 radical (unpaired) electrons. The van der Waals surface area contributed by atoms with Crippen LogP contribution in [-0.2, 0) is 55.3 Å². The maximum absolute atomic E-state index is 14.7. The van der Waals surface area contributed by atoms with E-state index in [1.54, 1.807) is 55.5 Å². The maximum Gasteiger partial charge on any atom is 0.497 e. The van der Waals surface area contributed by atoms with Crippen LogP contribution < -0.4 is 19.4 Å². The molecule has 102 heavy (non-hydrogen) atoms. The molecule has 6 aromatic carbocycles. The van der Waals surface area contributed by atoms with Crippen molar-refractivity contribution in [2.24, 2.45) is 0 Å². The fourth-order valence-electron chi connectivity index (χ4n) is 13.1. The first-order chi connectivity index (χ1) is 48.3. The van der Waals surface area contributed by atoms with Gasteiger partial charge in [-0.25, -0.2) is 53.1 Å². The summed E-state index contributed by atoms with van der Waals surface area (Å²) in [4.78, 5) is 35.8. The number of hydrogen-bond donors (Lipinski definition) is 1. The molecule has 12 aromatic rings. The smallest absolute Gasteiger partial charge is 0.455 e. The third-order valence-electron chi connectivity index (χ3n) is 19.4. The van der Waals surface area contributed by atoms with Crippen molar-refractivity contribution in [2.75, 3.05) is 42.3 Å². The number of aryl methyl sites for hydroxylation is 4. The molecule has 1 saturated heterocycles. The second-order valence-corrected chi connectivity index (χ2v) is 30.6. The molecule has 27 heteroatoms. The number of furan rings is 2. The molecular weight excluding hydrogens is 1380 g/mol. The number of nitrogens with one attached hydrogen (secondary N) is 1. The molecule has 526 valence electrons. The lowest BCUT2D eigenvalue weighted by Gasteiger charge is -2.32. The topological polar surface area (TPSA) is 201 Å². The van der Waals surface area contributed by atoms with Crippen LogP contribution in [0.5, 0.6) is 0 Å². The van der Waals surface area contributed by atoms with Gasteiger partial charge in [-0.1, -0.05) is 91.3 Å². The number of sulfonamides is 2. The van der Waals surface area contributed by atoms with Gasteiger partial charge in [-0.3, -0.25) is 18.2 Å². The highest BCUT2D eigenvalue weighted by atomic mass is 35.5. The van der Waals surface area contributed by atoms with Gasteiger partial charge in [0.05, 0.1) is 85.7 Å². The van der Waals surface area contributed by atoms with E-state index in [1.807, 2.05) is 62.6 Å². The Bertz CT molecular complexity index is 5610. The number of alkyl halides is 4. The summed E-state index contributed by atoms with van der Waals surface area (Å²) in [6, 6.07) is 38.6. The van der Waals surface area contributed by atoms with Gasteiger partial charge in [0.1, 0.15) is 39.5 Å². The molecule has 0 atom stereocenters. The van der Waals surface area contributed by atoms with Crippen LogP contribution in [0.15, 0.2) is 154 Å². The van der Waals surface area contributed by atoms with E-state index < -0.39 is 57.1 Å². The first-order valence-electron chi connectivity index (χ1n) is 32.5. The Morgan fingerprint density at radius 1 is 0.608 bits per heavy atom. The molecule has 0 saturated carbocycles. The van der Waals surface area contributed by atoms with Gasteiger partial charge in [0.25, 0.3) is 18.8 Å². The molecule has 15 rings (SSSR count). The van der Waals surface area contributed by atoms with Crippen molar-refractivity contribution in [1.82, 2.24) is 24.4 Å². The van der Waals surface area contributed by atoms with E-state index in [1.165, 1.54) is 93.4 Å². The third-order valence-corrected chi connectivity index (χ3v) is 22.0. The fraction of sp³-hybridized carbons (Fsp3) is 0.253. The number of carbonyl (C=O) groups is 2. The number of ketones is 1. The van der Waals surface area contributed by atoms with Crippen LogP contribution in [0, 0.1) is 11.6 Å². The van der Waals surface area contributed by atoms with Crippen molar-refractivity contribution in [3.63, 3.8) is 0 Å². The number of hydrogen-bond acceptors (Lipinski definition) is 12. The molecule has 0 aliphatic carbocycles. The molecular formula is C75H67BClF6N7O10S2. The summed E-state index contributed by atoms with van der Waals surface area (Å²) in [6.07, 6.45) is -1.40. The van der Waals surface area contributed by atoms with Crippen LogP contribution in [-0.4, -0.2) is 99.6 Å². The lowest BCUT2D eigenvalue weighted by atomic mass is 9.76. The number of halogens is 7. The number of nitrogens with zero attached hydrogens (tertiary/aromatic N) is 6. The van der Waals surface area contributed by atoms with Gasteiger partial charge in [0, 0.05) is 108 Å². The second-order valence-electron chi connectivity index (χ2n) is 26.2. The van der Waals surface area contributed by atoms with Gasteiger partial charge in [-0.2, -0.15) is 0 Å². The van der Waals surface area contributed by atoms with E-state index in [-0.39, 0.29) is 80.2 Å². The first kappa shape index (κ1) is 70.7. The van der Waals surface area contributed by atoms with E-state index in [0.29, 0.717) is 73.2 Å². The average Bonchev–Trinajstić information content (AvgIpc) is 1.60. The highest BCUT2D eigenvalue weighted by Crippen LogP contribution is 2.45. The van der Waals surface area contributed by atoms with Gasteiger partial charge in [-0.15, -0.1) is 0 Å². The zero-order valence-corrected chi connectivity index (χ0v) is 59.2. The van der Waals surface area contributed by atoms with Crippen LogP contribution in [0.4, 0.5) is 37.7 Å². The van der Waals surface area contributed by atoms with E-state index >= 15 is 0 Å². The Morgan fingerprint density at radius 3 is 1.55 bits per heavy atom. The van der Waals surface area contributed by atoms with E-state index in [4.69, 9.17) is 34.7 Å². The average molecular weight is 1450 g/mol. The van der Waals surface area contributed by atoms with Crippen molar-refractivity contribution < 1.29 is 70.9 Å². The number of Topliss-reactive ketones (excluding diaryl/α,β-unsaturated/α-hetero) is 1. The Hall–Kier alpha value is -9.73. The minimum Gasteiger partial charge on any atom is -0.455 e. The Balaban J connectivity index is 0.000000147. The first-order valence-corrected chi connectivity index (χ1v) is 36.5. The number of anilines is 2. The highest BCUT2D eigenvalue weighted by Gasteiger charge is 2.53. The van der Waals surface area contributed by atoms with Gasteiger partial charge < -0.3 is 32.6 Å². The zero-order chi connectivity index (χ0) is 73.0. The van der Waals surface area contributed by atoms with Crippen molar-refractivity contribution >= 4 is 111 Å². The number of pyridine rings is 2. The van der Waals surface area contributed by atoms with Gasteiger partial charge in [0.2, 0.25) is 20.0 Å². The summed E-state index contributed by atoms with van der Waals surface area (Å²) < 4.78 is 163. The standard InChI is InChI=1S/C34H27F3N4O4S.C26H30BF2NO6S.C15H10ClFN2/c1-38-34(42)30-23-15-22(25-12-11-18-13-14-41-26-6-4-5-24(35)21(26)16-28(41)31(18)39-25)27(40(2)46(3,43)44)17-29(23)45-32(30)19-7-9-20(10-8-19)33(36)37;1-8-20(31)22-17-13-18(27-35-25(2,3)26(4,5)36-27)19(30(6)37(7,32)33)14-21(17)34-23(22)15-9-11-16(12-10-15)24(28)29;16-14-5-4-9-6-7-19-12-3-1-2-11(17)10(12)8-13(19)15(9)18-14/h4-12,15-17,33H,13-14H2,1-3H3,(H,38,42);9-14,24H,8H2,1-7H3;1-5,8H,6-7H2. The quantitative estimate of drug-likeness (QED) is 0.0496. The predicted octanol–water partition coefficient (Wildman–Crippen LogP) is 16.5. The Labute approximate surface area is 588 Å². The second kappa shape index (κ2) is 26.6. The fourth-order valence-corrected chi connectivity index (χ4v) is 14.3. The summed E-state index contributed by atoms with van der Waals surface area (Å²) in [6.45, 7) is 10.8. The molecule has 9 heterocycles. The van der Waals surface area contributed by atoms with Gasteiger partial charge in [0.15, 0.2) is 5.78 Å². The van der Waals surface area contributed by atoms with Crippen molar-refractivity contribution in [3.05, 3.63) is 196 Å². The van der Waals surface area contributed by atoms with Crippen LogP contribution in [0.3, 0.4) is 0 Å². The van der Waals surface area contributed by atoms with E-state index in [2.05, 4.69) is 14.9 Å². The summed E-state index contributed by atoms with van der Waals surface area (Å²) in [5.74, 6) is -0.849. The SMILES string of the molecule is CCC(=O)c1c(-c2ccc(C(F)F)cc2)oc2cc(N(C)S(C)(=O)=O)c(B3OC(C)(C)C(C)(C)O3)cc12.CNC(=O)c1c(-c2ccc(C(F)F)cc2)oc2cc(N(C)S(C)(=O)=O)c(-c3ccc4c(n3)-c3cc5c(F)cccc5n3CC4)cc12.Fc1cccc2c1cc1n2CCc2ccc(Cl)nc2-1. The van der Waals surface area contributed by atoms with Gasteiger partial charge in [-0.05, 0) is 112 Å². The summed E-state index contributed by atoms with van der Waals surface area (Å²) in [5, 5.41) is 5.05. The molecule has 3 aliphatic heterocycles. The number of carbonyl (C=O) groups excluding carboxylic acids is 2. The van der Waals surface area contributed by atoms with Crippen molar-refractivity contribution in [2.45, 2.75) is 91.0 Å². The zero-order valence-electron chi connectivity index (χ0n) is 56.9. The summed E-state index contributed by atoms with van der Waals surface area (Å²) >= 11 is 5.98. The lowest BCUT2D eigenvalue weighted by molar-refractivity contribution is 0.00578. The minimum absolute atomic E-state index is 0.144. The number of rotatable bonds is 13. The molecule has 1 amide bonds. The van der Waals surface area contributed by atoms with Crippen LogP contribution >= 0.6 is 11.6 Å². The van der Waals surface area contributed by atoms with Gasteiger partial charge >= 0.3 is 7.12 Å². The molecule has 17 nitrogen and oxygen atoms in total. The van der Waals surface area contributed by atoms with Crippen LogP contribution in [0.2, 0.25) is 5.15 Å². The molecule has 6 aromatic heterocycles. The van der Waals surface area contributed by atoms with Crippen molar-refractivity contribution in [3.8, 4) is 56.7 Å². The van der Waals surface area contributed by atoms with Crippen LogP contribution in [0.25, 0.3) is 100 Å². The molecule has 1 fully saturated rings. The number of benzene rings is 6. The molecule has 0 spiro atoms. The summed E-state index contributed by atoms with van der Waals surface area (Å²) in [5.41, 5.74) is 8.86. The lowest BCUT2D eigenvalue weighted by Crippen LogP contribution is -2.41. The Kier molecular flexibility index (Phi) is 18.4. The third kappa shape index (κ3) is 12.8. The molecule has 0 bridgehead atoms. The molecule has 3 aliphatic rings. The Morgan fingerprint density at radius 2 is 1.07 bits per heavy atom. The number of amides is 1. The molecule has 1 N–H and O–H groups in total. The number of aromatic nitrogens is 4. The van der Waals surface area contributed by atoms with Crippen LogP contribution in [0.1, 0.15) is 96.9 Å². The normalized spacial score (nSPS) is 14.5. The molecule has 0 unspecified atom stereocenters. The van der Waals surface area contributed by atoms with Crippen molar-refractivity contribution in [1.29, 1.82) is 0 Å².